The van der Waals surface area contributed by atoms with E-state index in [1.165, 1.54) is 12.1 Å². The normalized spacial score (nSPS) is 11.5. The number of nitrogens with one attached hydrogen (secondary N) is 1. The third kappa shape index (κ3) is 5.07. The second-order valence-corrected chi connectivity index (χ2v) is 8.07. The SMILES string of the molecule is COc1ccc2cc(C=C(Cl)c3nnc(C(=O)NCc4ccc(F)cc4)s3)ccc2c1. The summed E-state index contributed by atoms with van der Waals surface area (Å²) < 4.78 is 18.2. The molecule has 5 nitrogen and oxygen atoms in total. The van der Waals surface area contributed by atoms with Crippen LogP contribution in [0.15, 0.2) is 60.7 Å². The van der Waals surface area contributed by atoms with Crippen LogP contribution in [0, 0.1) is 5.82 Å². The van der Waals surface area contributed by atoms with Gasteiger partial charge in [0.25, 0.3) is 5.91 Å². The molecule has 1 amide bonds. The minimum atomic E-state index is -0.364. The van der Waals surface area contributed by atoms with Crippen molar-refractivity contribution in [2.45, 2.75) is 6.54 Å². The highest BCUT2D eigenvalue weighted by Gasteiger charge is 2.14. The Bertz CT molecular complexity index is 1270. The lowest BCUT2D eigenvalue weighted by atomic mass is 10.1. The minimum Gasteiger partial charge on any atom is -0.497 e. The summed E-state index contributed by atoms with van der Waals surface area (Å²) in [6.07, 6.45) is 1.78. The molecule has 0 atom stereocenters. The van der Waals surface area contributed by atoms with Gasteiger partial charge in [-0.1, -0.05) is 53.3 Å². The molecule has 4 aromatic rings. The summed E-state index contributed by atoms with van der Waals surface area (Å²) in [4.78, 5) is 12.3. The van der Waals surface area contributed by atoms with Gasteiger partial charge in [0.1, 0.15) is 11.6 Å². The summed E-state index contributed by atoms with van der Waals surface area (Å²) >= 11 is 7.53. The van der Waals surface area contributed by atoms with Gasteiger partial charge in [-0.15, -0.1) is 10.2 Å². The molecule has 3 aromatic carbocycles. The number of fused-ring (bicyclic) bond motifs is 1. The Labute approximate surface area is 187 Å². The maximum Gasteiger partial charge on any atom is 0.282 e. The average Bonchev–Trinajstić information content (AvgIpc) is 3.29. The number of hydrogen-bond donors (Lipinski definition) is 1. The van der Waals surface area contributed by atoms with Gasteiger partial charge in [-0.3, -0.25) is 4.79 Å². The van der Waals surface area contributed by atoms with Crippen molar-refractivity contribution < 1.29 is 13.9 Å². The Balaban J connectivity index is 1.46. The second-order valence-electron chi connectivity index (χ2n) is 6.69. The zero-order valence-electron chi connectivity index (χ0n) is 16.4. The number of hydrogen-bond acceptors (Lipinski definition) is 5. The maximum atomic E-state index is 13.0. The zero-order chi connectivity index (χ0) is 21.8. The standard InChI is InChI=1S/C23H17ClFN3O2S/c1-30-19-9-6-16-10-15(2-5-17(16)12-19)11-20(24)22-27-28-23(31-22)21(29)26-13-14-3-7-18(25)8-4-14/h2-12H,13H2,1H3,(H,26,29). The van der Waals surface area contributed by atoms with Gasteiger partial charge in [0.05, 0.1) is 12.1 Å². The predicted molar refractivity (Wildman–Crippen MR) is 122 cm³/mol. The number of amides is 1. The van der Waals surface area contributed by atoms with Crippen molar-refractivity contribution in [2.24, 2.45) is 0 Å². The number of aromatic nitrogens is 2. The summed E-state index contributed by atoms with van der Waals surface area (Å²) in [5.74, 6) is 0.113. The molecule has 0 fully saturated rings. The van der Waals surface area contributed by atoms with E-state index in [1.807, 2.05) is 36.4 Å². The Morgan fingerprint density at radius 2 is 1.77 bits per heavy atom. The Kier molecular flexibility index (Phi) is 6.25. The minimum absolute atomic E-state index is 0.203. The van der Waals surface area contributed by atoms with Crippen molar-refractivity contribution in [3.05, 3.63) is 87.6 Å². The van der Waals surface area contributed by atoms with Crippen LogP contribution in [0.1, 0.15) is 25.9 Å². The van der Waals surface area contributed by atoms with Gasteiger partial charge in [0, 0.05) is 6.54 Å². The maximum absolute atomic E-state index is 13.0. The summed E-state index contributed by atoms with van der Waals surface area (Å²) in [6.45, 7) is 0.263. The first-order chi connectivity index (χ1) is 15.0. The van der Waals surface area contributed by atoms with Gasteiger partial charge in [-0.25, -0.2) is 4.39 Å². The van der Waals surface area contributed by atoms with Crippen LogP contribution in [-0.2, 0) is 6.54 Å². The monoisotopic (exact) mass is 453 g/mol. The summed E-state index contributed by atoms with van der Waals surface area (Å²) in [5.41, 5.74) is 1.69. The van der Waals surface area contributed by atoms with E-state index in [2.05, 4.69) is 15.5 Å². The third-order valence-electron chi connectivity index (χ3n) is 4.55. The van der Waals surface area contributed by atoms with E-state index in [4.69, 9.17) is 16.3 Å². The lowest BCUT2D eigenvalue weighted by Gasteiger charge is -2.04. The Hall–Kier alpha value is -3.29. The van der Waals surface area contributed by atoms with Gasteiger partial charge < -0.3 is 10.1 Å². The lowest BCUT2D eigenvalue weighted by molar-refractivity contribution is 0.0950. The molecule has 1 aromatic heterocycles. The number of rotatable bonds is 6. The number of halogens is 2. The van der Waals surface area contributed by atoms with Crippen LogP contribution >= 0.6 is 22.9 Å². The average molecular weight is 454 g/mol. The van der Waals surface area contributed by atoms with Crippen molar-refractivity contribution in [1.82, 2.24) is 15.5 Å². The van der Waals surface area contributed by atoms with Gasteiger partial charge in [0.15, 0.2) is 5.01 Å². The predicted octanol–water partition coefficient (Wildman–Crippen LogP) is 5.51. The van der Waals surface area contributed by atoms with E-state index in [0.29, 0.717) is 10.0 Å². The fourth-order valence-electron chi connectivity index (χ4n) is 2.94. The molecule has 8 heteroatoms. The van der Waals surface area contributed by atoms with Crippen molar-refractivity contribution >= 4 is 50.7 Å². The molecule has 0 aliphatic rings. The molecule has 0 aliphatic heterocycles. The molecule has 0 unspecified atom stereocenters. The van der Waals surface area contributed by atoms with Crippen LogP contribution in [0.3, 0.4) is 0 Å². The van der Waals surface area contributed by atoms with Crippen LogP contribution in [0.5, 0.6) is 5.75 Å². The Morgan fingerprint density at radius 1 is 1.06 bits per heavy atom. The fourth-order valence-corrected chi connectivity index (χ4v) is 3.89. The first-order valence-corrected chi connectivity index (χ1v) is 10.5. The molecule has 1 heterocycles. The summed E-state index contributed by atoms with van der Waals surface area (Å²) in [6, 6.07) is 17.7. The number of benzene rings is 3. The molecule has 0 aliphatic carbocycles. The molecule has 0 radical (unpaired) electrons. The molecule has 0 bridgehead atoms. The summed E-state index contributed by atoms with van der Waals surface area (Å²) in [7, 11) is 1.64. The largest absolute Gasteiger partial charge is 0.497 e. The number of ether oxygens (including phenoxy) is 1. The van der Waals surface area contributed by atoms with Crippen LogP contribution in [-0.4, -0.2) is 23.2 Å². The quantitative estimate of drug-likeness (QED) is 0.418. The molecular weight excluding hydrogens is 437 g/mol. The topological polar surface area (TPSA) is 64.1 Å². The van der Waals surface area contributed by atoms with Crippen LogP contribution in [0.2, 0.25) is 0 Å². The van der Waals surface area contributed by atoms with E-state index in [9.17, 15) is 9.18 Å². The first kappa shape index (κ1) is 21.0. The molecule has 4 rings (SSSR count). The van der Waals surface area contributed by atoms with Crippen molar-refractivity contribution in [3.63, 3.8) is 0 Å². The molecule has 0 spiro atoms. The molecule has 1 N–H and O–H groups in total. The van der Waals surface area contributed by atoms with Crippen molar-refractivity contribution in [3.8, 4) is 5.75 Å². The Morgan fingerprint density at radius 3 is 2.55 bits per heavy atom. The van der Waals surface area contributed by atoms with E-state index in [-0.39, 0.29) is 23.3 Å². The van der Waals surface area contributed by atoms with E-state index in [0.717, 1.165) is 39.0 Å². The smallest absolute Gasteiger partial charge is 0.282 e. The highest BCUT2D eigenvalue weighted by Crippen LogP contribution is 2.27. The van der Waals surface area contributed by atoms with Crippen LogP contribution in [0.25, 0.3) is 21.9 Å². The fraction of sp³-hybridized carbons (Fsp3) is 0.0870. The van der Waals surface area contributed by atoms with Gasteiger partial charge in [0.2, 0.25) is 5.01 Å². The molecule has 31 heavy (non-hydrogen) atoms. The van der Waals surface area contributed by atoms with Gasteiger partial charge in [-0.2, -0.15) is 0 Å². The van der Waals surface area contributed by atoms with Crippen molar-refractivity contribution in [1.29, 1.82) is 0 Å². The second kappa shape index (κ2) is 9.24. The molecule has 156 valence electrons. The number of carbonyl (C=O) groups excluding carboxylic acids is 1. The highest BCUT2D eigenvalue weighted by atomic mass is 35.5. The highest BCUT2D eigenvalue weighted by molar-refractivity contribution is 7.15. The van der Waals surface area contributed by atoms with Gasteiger partial charge >= 0.3 is 0 Å². The molecule has 0 saturated heterocycles. The first-order valence-electron chi connectivity index (χ1n) is 9.33. The van der Waals surface area contributed by atoms with Crippen LogP contribution in [0.4, 0.5) is 4.39 Å². The van der Waals surface area contributed by atoms with E-state index >= 15 is 0 Å². The zero-order valence-corrected chi connectivity index (χ0v) is 18.0. The van der Waals surface area contributed by atoms with Gasteiger partial charge in [-0.05, 0) is 58.3 Å². The number of methoxy groups -OCH3 is 1. The number of nitrogens with zero attached hydrogens (tertiary/aromatic N) is 2. The summed E-state index contributed by atoms with van der Waals surface area (Å²) in [5, 5.41) is 13.9. The molecule has 0 saturated carbocycles. The van der Waals surface area contributed by atoms with Crippen molar-refractivity contribution in [2.75, 3.05) is 7.11 Å². The van der Waals surface area contributed by atoms with Crippen LogP contribution < -0.4 is 10.1 Å². The molecular formula is C23H17ClFN3O2S. The third-order valence-corrected chi connectivity index (χ3v) is 5.91. The number of carbonyl (C=O) groups is 1. The lowest BCUT2D eigenvalue weighted by Crippen LogP contribution is -2.22. The van der Waals surface area contributed by atoms with E-state index < -0.39 is 0 Å². The van der Waals surface area contributed by atoms with E-state index in [1.54, 1.807) is 25.3 Å².